The first-order valence-corrected chi connectivity index (χ1v) is 8.63. The number of rotatable bonds is 6. The van der Waals surface area contributed by atoms with E-state index in [4.69, 9.17) is 9.15 Å². The Hall–Kier alpha value is -2.62. The number of pyridine rings is 1. The normalized spacial score (nSPS) is 10.9. The van der Waals surface area contributed by atoms with Gasteiger partial charge >= 0.3 is 0 Å². The van der Waals surface area contributed by atoms with Crippen LogP contribution in [0, 0.1) is 6.92 Å². The fourth-order valence-electron chi connectivity index (χ4n) is 2.47. The summed E-state index contributed by atoms with van der Waals surface area (Å²) in [5, 5.41) is 6.48. The average molecular weight is 493 g/mol. The molecule has 1 aromatic carbocycles. The molecule has 0 radical (unpaired) electrons. The fraction of sp³-hybridized carbons (Fsp3) is 0.250. The van der Waals surface area contributed by atoms with E-state index in [2.05, 4.69) is 32.5 Å². The number of aromatic nitrogens is 2. The van der Waals surface area contributed by atoms with Gasteiger partial charge in [0.15, 0.2) is 5.96 Å². The Morgan fingerprint density at radius 2 is 1.89 bits per heavy atom. The van der Waals surface area contributed by atoms with E-state index in [1.807, 2.05) is 36.4 Å². The molecule has 0 fully saturated rings. The molecule has 0 amide bonds. The molecule has 148 valence electrons. The lowest BCUT2D eigenvalue weighted by Gasteiger charge is -2.11. The van der Waals surface area contributed by atoms with Crippen molar-refractivity contribution in [2.24, 2.45) is 4.99 Å². The second kappa shape index (κ2) is 10.6. The fourth-order valence-corrected chi connectivity index (χ4v) is 2.47. The molecule has 0 unspecified atom stereocenters. The molecule has 3 rings (SSSR count). The summed E-state index contributed by atoms with van der Waals surface area (Å²) in [6.45, 7) is 3.16. The number of nitrogens with one attached hydrogen (secondary N) is 2. The average Bonchev–Trinajstić information content (AvgIpc) is 3.18. The van der Waals surface area contributed by atoms with Gasteiger partial charge in [-0.2, -0.15) is 0 Å². The van der Waals surface area contributed by atoms with Crippen molar-refractivity contribution in [1.82, 2.24) is 20.6 Å². The monoisotopic (exact) mass is 493 g/mol. The maximum absolute atomic E-state index is 5.58. The van der Waals surface area contributed by atoms with Gasteiger partial charge in [-0.05, 0) is 30.7 Å². The van der Waals surface area contributed by atoms with Gasteiger partial charge in [-0.15, -0.1) is 24.0 Å². The largest absolute Gasteiger partial charge is 0.481 e. The number of aryl methyl sites for hydroxylation is 1. The van der Waals surface area contributed by atoms with E-state index >= 15 is 0 Å². The third kappa shape index (κ3) is 5.95. The zero-order chi connectivity index (χ0) is 19.1. The van der Waals surface area contributed by atoms with Crippen LogP contribution in [0.1, 0.15) is 16.8 Å². The van der Waals surface area contributed by atoms with E-state index in [0.717, 1.165) is 16.8 Å². The summed E-state index contributed by atoms with van der Waals surface area (Å²) in [7, 11) is 3.33. The van der Waals surface area contributed by atoms with Gasteiger partial charge in [-0.1, -0.05) is 17.7 Å². The van der Waals surface area contributed by atoms with Crippen LogP contribution in [0.15, 0.2) is 58.3 Å². The zero-order valence-corrected chi connectivity index (χ0v) is 18.4. The van der Waals surface area contributed by atoms with E-state index < -0.39 is 0 Å². The van der Waals surface area contributed by atoms with Crippen LogP contribution in [0.3, 0.4) is 0 Å². The molecule has 2 aromatic heterocycles. The van der Waals surface area contributed by atoms with Gasteiger partial charge in [0.25, 0.3) is 0 Å². The van der Waals surface area contributed by atoms with Crippen molar-refractivity contribution in [2.45, 2.75) is 20.0 Å². The number of nitrogens with zero attached hydrogens (tertiary/aromatic N) is 3. The lowest BCUT2D eigenvalue weighted by molar-refractivity contribution is 0.397. The molecule has 0 aliphatic carbocycles. The van der Waals surface area contributed by atoms with E-state index in [9.17, 15) is 0 Å². The van der Waals surface area contributed by atoms with Gasteiger partial charge in [0, 0.05) is 31.4 Å². The second-order valence-corrected chi connectivity index (χ2v) is 6.00. The van der Waals surface area contributed by atoms with E-state index in [0.29, 0.717) is 30.8 Å². The smallest absolute Gasteiger partial charge is 0.226 e. The summed E-state index contributed by atoms with van der Waals surface area (Å²) in [4.78, 5) is 12.8. The number of benzene rings is 1. The maximum atomic E-state index is 5.58. The Labute approximate surface area is 181 Å². The van der Waals surface area contributed by atoms with Crippen LogP contribution < -0.4 is 15.4 Å². The molecular formula is C20H24IN5O2. The molecule has 3 aromatic rings. The second-order valence-electron chi connectivity index (χ2n) is 6.00. The number of methoxy groups -OCH3 is 1. The van der Waals surface area contributed by atoms with E-state index in [1.165, 1.54) is 5.56 Å². The molecule has 0 aliphatic rings. The lowest BCUT2D eigenvalue weighted by Crippen LogP contribution is -2.36. The highest BCUT2D eigenvalue weighted by molar-refractivity contribution is 14.0. The zero-order valence-electron chi connectivity index (χ0n) is 16.1. The standard InChI is InChI=1S/C20H23N5O2.HI/c1-14-4-6-16(7-5-14)19-25-17(13-27-19)12-24-20(21-2)23-11-15-8-9-22-18(10-15)26-3;/h4-10,13H,11-12H2,1-3H3,(H2,21,23,24);1H. The number of ether oxygens (including phenoxy) is 1. The van der Waals surface area contributed by atoms with Crippen molar-refractivity contribution in [3.05, 3.63) is 65.7 Å². The summed E-state index contributed by atoms with van der Waals surface area (Å²) in [6.07, 6.45) is 3.37. The topological polar surface area (TPSA) is 84.6 Å². The van der Waals surface area contributed by atoms with Gasteiger partial charge in [0.05, 0.1) is 19.3 Å². The molecular weight excluding hydrogens is 469 g/mol. The van der Waals surface area contributed by atoms with Crippen LogP contribution in [0.5, 0.6) is 5.88 Å². The number of hydrogen-bond acceptors (Lipinski definition) is 5. The molecule has 0 aliphatic heterocycles. The molecule has 0 spiro atoms. The van der Waals surface area contributed by atoms with Crippen molar-refractivity contribution in [1.29, 1.82) is 0 Å². The highest BCUT2D eigenvalue weighted by Crippen LogP contribution is 2.19. The minimum Gasteiger partial charge on any atom is -0.481 e. The van der Waals surface area contributed by atoms with Crippen LogP contribution in [0.2, 0.25) is 0 Å². The molecule has 28 heavy (non-hydrogen) atoms. The van der Waals surface area contributed by atoms with Crippen LogP contribution >= 0.6 is 24.0 Å². The molecule has 0 bridgehead atoms. The first-order valence-electron chi connectivity index (χ1n) is 8.63. The highest BCUT2D eigenvalue weighted by atomic mass is 127. The number of guanidine groups is 1. The Bertz CT molecular complexity index is 909. The molecule has 2 heterocycles. The van der Waals surface area contributed by atoms with Crippen LogP contribution in [0.25, 0.3) is 11.5 Å². The van der Waals surface area contributed by atoms with Crippen molar-refractivity contribution in [3.8, 4) is 17.3 Å². The van der Waals surface area contributed by atoms with Crippen molar-refractivity contribution in [2.75, 3.05) is 14.2 Å². The predicted octanol–water partition coefficient (Wildman–Crippen LogP) is 3.54. The quantitative estimate of drug-likeness (QED) is 0.311. The van der Waals surface area contributed by atoms with Gasteiger partial charge in [-0.25, -0.2) is 9.97 Å². The first-order chi connectivity index (χ1) is 13.2. The van der Waals surface area contributed by atoms with Gasteiger partial charge in [-0.3, -0.25) is 4.99 Å². The van der Waals surface area contributed by atoms with Crippen LogP contribution in [-0.2, 0) is 13.1 Å². The van der Waals surface area contributed by atoms with Gasteiger partial charge < -0.3 is 19.8 Å². The van der Waals surface area contributed by atoms with Gasteiger partial charge in [0.2, 0.25) is 11.8 Å². The SMILES string of the molecule is CN=C(NCc1ccnc(OC)c1)NCc1coc(-c2ccc(C)cc2)n1.I. The number of halogens is 1. The highest BCUT2D eigenvalue weighted by Gasteiger charge is 2.07. The van der Waals surface area contributed by atoms with E-state index in [1.54, 1.807) is 26.6 Å². The molecule has 0 saturated carbocycles. The Kier molecular flexibility index (Phi) is 8.24. The third-order valence-electron chi connectivity index (χ3n) is 3.98. The third-order valence-corrected chi connectivity index (χ3v) is 3.98. The molecule has 7 nitrogen and oxygen atoms in total. The van der Waals surface area contributed by atoms with Crippen molar-refractivity contribution in [3.63, 3.8) is 0 Å². The molecule has 0 saturated heterocycles. The molecule has 0 atom stereocenters. The minimum absolute atomic E-state index is 0. The summed E-state index contributed by atoms with van der Waals surface area (Å²) in [6, 6.07) is 11.9. The Balaban J connectivity index is 0.00000280. The molecule has 2 N–H and O–H groups in total. The Morgan fingerprint density at radius 1 is 1.14 bits per heavy atom. The van der Waals surface area contributed by atoms with Gasteiger partial charge in [0.1, 0.15) is 6.26 Å². The number of hydrogen-bond donors (Lipinski definition) is 2. The van der Waals surface area contributed by atoms with Crippen LogP contribution in [0.4, 0.5) is 0 Å². The number of aliphatic imine (C=N–C) groups is 1. The Morgan fingerprint density at radius 3 is 2.61 bits per heavy atom. The number of oxazole rings is 1. The predicted molar refractivity (Wildman–Crippen MR) is 120 cm³/mol. The first kappa shape index (κ1) is 21.7. The summed E-state index contributed by atoms with van der Waals surface area (Å²) in [5.74, 6) is 1.87. The molecule has 8 heteroatoms. The summed E-state index contributed by atoms with van der Waals surface area (Å²) in [5.41, 5.74) is 4.02. The minimum atomic E-state index is 0. The van der Waals surface area contributed by atoms with Crippen LogP contribution in [-0.4, -0.2) is 30.1 Å². The van der Waals surface area contributed by atoms with Crippen molar-refractivity contribution < 1.29 is 9.15 Å². The summed E-state index contributed by atoms with van der Waals surface area (Å²) >= 11 is 0. The van der Waals surface area contributed by atoms with Crippen molar-refractivity contribution >= 4 is 29.9 Å². The summed E-state index contributed by atoms with van der Waals surface area (Å²) < 4.78 is 10.7. The maximum Gasteiger partial charge on any atom is 0.226 e. The lowest BCUT2D eigenvalue weighted by atomic mass is 10.1. The van der Waals surface area contributed by atoms with E-state index in [-0.39, 0.29) is 24.0 Å².